The van der Waals surface area contributed by atoms with Crippen LogP contribution in [0.1, 0.15) is 5.76 Å². The number of furan rings is 1. The largest absolute Gasteiger partial charge is 0.497 e. The molecular formula is C22H19BrN4O3S. The molecule has 1 amide bonds. The number of hydrogen-bond acceptors (Lipinski definition) is 6. The van der Waals surface area contributed by atoms with Gasteiger partial charge >= 0.3 is 0 Å². The van der Waals surface area contributed by atoms with Crippen molar-refractivity contribution in [2.24, 2.45) is 0 Å². The summed E-state index contributed by atoms with van der Waals surface area (Å²) in [5.74, 6) is 2.29. The van der Waals surface area contributed by atoms with Crippen LogP contribution in [0.5, 0.6) is 5.75 Å². The lowest BCUT2D eigenvalue weighted by atomic mass is 10.2. The number of methoxy groups -OCH3 is 1. The number of nitrogens with one attached hydrogen (secondary N) is 1. The third-order valence-corrected chi connectivity index (χ3v) is 6.10. The summed E-state index contributed by atoms with van der Waals surface area (Å²) in [6.07, 6.45) is 1.63. The Labute approximate surface area is 191 Å². The first-order valence-corrected chi connectivity index (χ1v) is 11.2. The highest BCUT2D eigenvalue weighted by Gasteiger charge is 2.17. The Morgan fingerprint density at radius 2 is 1.94 bits per heavy atom. The highest BCUT2D eigenvalue weighted by molar-refractivity contribution is 9.10. The smallest absolute Gasteiger partial charge is 0.234 e. The second kappa shape index (κ2) is 9.84. The molecule has 4 aromatic rings. The van der Waals surface area contributed by atoms with Gasteiger partial charge in [-0.1, -0.05) is 23.9 Å². The summed E-state index contributed by atoms with van der Waals surface area (Å²) in [7, 11) is 1.63. The molecule has 4 rings (SSSR count). The molecule has 9 heteroatoms. The summed E-state index contributed by atoms with van der Waals surface area (Å²) < 4.78 is 13.5. The van der Waals surface area contributed by atoms with Gasteiger partial charge in [0.25, 0.3) is 0 Å². The van der Waals surface area contributed by atoms with E-state index >= 15 is 0 Å². The number of thioether (sulfide) groups is 1. The Kier molecular flexibility index (Phi) is 6.73. The zero-order chi connectivity index (χ0) is 21.6. The number of aromatic nitrogens is 3. The Morgan fingerprint density at radius 3 is 2.65 bits per heavy atom. The van der Waals surface area contributed by atoms with Gasteiger partial charge in [0.15, 0.2) is 11.0 Å². The molecule has 0 saturated heterocycles. The number of nitrogens with zero attached hydrogens (tertiary/aromatic N) is 3. The fourth-order valence-electron chi connectivity index (χ4n) is 2.93. The van der Waals surface area contributed by atoms with Crippen molar-refractivity contribution in [1.82, 2.24) is 14.8 Å². The molecule has 0 radical (unpaired) electrons. The van der Waals surface area contributed by atoms with E-state index in [1.807, 2.05) is 65.2 Å². The molecule has 2 aromatic heterocycles. The molecule has 31 heavy (non-hydrogen) atoms. The number of hydrogen-bond donors (Lipinski definition) is 1. The van der Waals surface area contributed by atoms with E-state index in [0.29, 0.717) is 17.5 Å². The van der Waals surface area contributed by atoms with E-state index in [2.05, 4.69) is 31.4 Å². The molecule has 0 atom stereocenters. The maximum absolute atomic E-state index is 12.5. The molecule has 0 saturated carbocycles. The van der Waals surface area contributed by atoms with Gasteiger partial charge < -0.3 is 14.5 Å². The quantitative estimate of drug-likeness (QED) is 0.340. The summed E-state index contributed by atoms with van der Waals surface area (Å²) in [5.41, 5.74) is 1.62. The van der Waals surface area contributed by atoms with Crippen molar-refractivity contribution < 1.29 is 13.9 Å². The number of para-hydroxylation sites is 1. The number of amides is 1. The van der Waals surface area contributed by atoms with Crippen molar-refractivity contribution in [2.45, 2.75) is 11.7 Å². The van der Waals surface area contributed by atoms with Crippen LogP contribution in [0.4, 0.5) is 5.69 Å². The van der Waals surface area contributed by atoms with Gasteiger partial charge in [0.05, 0.1) is 31.4 Å². The van der Waals surface area contributed by atoms with Crippen LogP contribution in [-0.4, -0.2) is 33.5 Å². The monoisotopic (exact) mass is 498 g/mol. The SMILES string of the molecule is COc1ccc(-c2nnc(SCC(=O)Nc3ccccc3Br)n2Cc2ccco2)cc1. The zero-order valence-electron chi connectivity index (χ0n) is 16.6. The fourth-order valence-corrected chi connectivity index (χ4v) is 4.05. The van der Waals surface area contributed by atoms with Crippen LogP contribution in [-0.2, 0) is 11.3 Å². The van der Waals surface area contributed by atoms with E-state index in [1.165, 1.54) is 11.8 Å². The van der Waals surface area contributed by atoms with Gasteiger partial charge in [0.1, 0.15) is 11.5 Å². The fraction of sp³-hybridized carbons (Fsp3) is 0.136. The Bertz CT molecular complexity index is 1160. The van der Waals surface area contributed by atoms with Crippen molar-refractivity contribution in [3.63, 3.8) is 0 Å². The van der Waals surface area contributed by atoms with Gasteiger partial charge in [-0.15, -0.1) is 10.2 Å². The zero-order valence-corrected chi connectivity index (χ0v) is 19.0. The van der Waals surface area contributed by atoms with Crippen molar-refractivity contribution >= 4 is 39.3 Å². The normalized spacial score (nSPS) is 10.8. The minimum absolute atomic E-state index is 0.129. The van der Waals surface area contributed by atoms with Crippen LogP contribution >= 0.6 is 27.7 Å². The first-order chi connectivity index (χ1) is 15.1. The Balaban J connectivity index is 1.54. The molecule has 0 aliphatic carbocycles. The first-order valence-electron chi connectivity index (χ1n) is 9.41. The van der Waals surface area contributed by atoms with Gasteiger partial charge in [-0.05, 0) is 64.5 Å². The maximum Gasteiger partial charge on any atom is 0.234 e. The van der Waals surface area contributed by atoms with E-state index in [1.54, 1.807) is 13.4 Å². The molecule has 0 fully saturated rings. The van der Waals surface area contributed by atoms with Crippen LogP contribution in [0.3, 0.4) is 0 Å². The average Bonchev–Trinajstić information content (AvgIpc) is 3.44. The minimum atomic E-state index is -0.129. The van der Waals surface area contributed by atoms with Crippen molar-refractivity contribution in [3.05, 3.63) is 77.2 Å². The number of benzene rings is 2. The van der Waals surface area contributed by atoms with E-state index in [9.17, 15) is 4.79 Å². The van der Waals surface area contributed by atoms with Crippen LogP contribution < -0.4 is 10.1 Å². The maximum atomic E-state index is 12.5. The lowest BCUT2D eigenvalue weighted by Crippen LogP contribution is -2.15. The second-order valence-electron chi connectivity index (χ2n) is 6.52. The summed E-state index contributed by atoms with van der Waals surface area (Å²) in [4.78, 5) is 12.5. The van der Waals surface area contributed by atoms with Gasteiger partial charge in [0, 0.05) is 10.0 Å². The number of carbonyl (C=O) groups excluding carboxylic acids is 1. The molecule has 7 nitrogen and oxygen atoms in total. The van der Waals surface area contributed by atoms with E-state index in [-0.39, 0.29) is 11.7 Å². The van der Waals surface area contributed by atoms with E-state index in [0.717, 1.165) is 27.2 Å². The van der Waals surface area contributed by atoms with E-state index < -0.39 is 0 Å². The summed E-state index contributed by atoms with van der Waals surface area (Å²) >= 11 is 4.76. The Morgan fingerprint density at radius 1 is 1.13 bits per heavy atom. The molecule has 0 spiro atoms. The van der Waals surface area contributed by atoms with E-state index in [4.69, 9.17) is 9.15 Å². The highest BCUT2D eigenvalue weighted by Crippen LogP contribution is 2.27. The molecule has 158 valence electrons. The van der Waals surface area contributed by atoms with Crippen LogP contribution in [0.15, 0.2) is 81.0 Å². The number of rotatable bonds is 8. The van der Waals surface area contributed by atoms with Crippen LogP contribution in [0, 0.1) is 0 Å². The van der Waals surface area contributed by atoms with Gasteiger partial charge in [-0.25, -0.2) is 0 Å². The molecule has 0 aliphatic heterocycles. The molecule has 0 aliphatic rings. The predicted octanol–water partition coefficient (Wildman–Crippen LogP) is 5.09. The lowest BCUT2D eigenvalue weighted by molar-refractivity contribution is -0.113. The standard InChI is InChI=1S/C22H19BrN4O3S/c1-29-16-10-8-15(9-11-16)21-25-26-22(27(21)13-17-5-4-12-30-17)31-14-20(28)24-19-7-3-2-6-18(19)23/h2-12H,13-14H2,1H3,(H,24,28). The Hall–Kier alpha value is -3.04. The summed E-state index contributed by atoms with van der Waals surface area (Å²) in [6, 6.07) is 18.8. The second-order valence-corrected chi connectivity index (χ2v) is 8.31. The molecule has 2 heterocycles. The van der Waals surface area contributed by atoms with Gasteiger partial charge in [-0.2, -0.15) is 0 Å². The summed E-state index contributed by atoms with van der Waals surface area (Å²) in [5, 5.41) is 12.2. The molecule has 0 bridgehead atoms. The molecule has 2 aromatic carbocycles. The highest BCUT2D eigenvalue weighted by atomic mass is 79.9. The van der Waals surface area contributed by atoms with Crippen LogP contribution in [0.25, 0.3) is 11.4 Å². The third-order valence-electron chi connectivity index (χ3n) is 4.44. The van der Waals surface area contributed by atoms with Gasteiger partial charge in [0.2, 0.25) is 5.91 Å². The van der Waals surface area contributed by atoms with Crippen LogP contribution in [0.2, 0.25) is 0 Å². The van der Waals surface area contributed by atoms with Gasteiger partial charge in [-0.3, -0.25) is 9.36 Å². The number of halogens is 1. The van der Waals surface area contributed by atoms with Crippen molar-refractivity contribution in [3.8, 4) is 17.1 Å². The third kappa shape index (κ3) is 5.18. The average molecular weight is 499 g/mol. The molecular weight excluding hydrogens is 480 g/mol. The summed E-state index contributed by atoms with van der Waals surface area (Å²) in [6.45, 7) is 0.454. The predicted molar refractivity (Wildman–Crippen MR) is 123 cm³/mol. The van der Waals surface area contributed by atoms with Crippen molar-refractivity contribution in [1.29, 1.82) is 0 Å². The lowest BCUT2D eigenvalue weighted by Gasteiger charge is -2.10. The topological polar surface area (TPSA) is 82.2 Å². The molecule has 0 unspecified atom stereocenters. The first kappa shape index (κ1) is 21.2. The molecule has 1 N–H and O–H groups in total. The van der Waals surface area contributed by atoms with Crippen molar-refractivity contribution in [2.75, 3.05) is 18.2 Å². The number of ether oxygens (including phenoxy) is 1. The number of anilines is 1. The number of carbonyl (C=O) groups is 1. The minimum Gasteiger partial charge on any atom is -0.497 e.